The molecule has 1 aromatic heterocycles. The Kier molecular flexibility index (Phi) is 13.9. The van der Waals surface area contributed by atoms with E-state index in [4.69, 9.17) is 9.73 Å². The number of benzene rings is 1. The predicted octanol–water partition coefficient (Wildman–Crippen LogP) is 6.99. The number of nitrogens with one attached hydrogen (secondary N) is 1. The number of hydrogen-bond donors (Lipinski definition) is 1. The lowest BCUT2D eigenvalue weighted by Gasteiger charge is -2.41. The van der Waals surface area contributed by atoms with E-state index in [2.05, 4.69) is 23.5 Å². The van der Waals surface area contributed by atoms with Crippen LogP contribution in [0.15, 0.2) is 89.2 Å². The van der Waals surface area contributed by atoms with Crippen LogP contribution in [0.5, 0.6) is 5.75 Å². The van der Waals surface area contributed by atoms with Crippen molar-refractivity contribution in [1.82, 2.24) is 14.8 Å². The van der Waals surface area contributed by atoms with Gasteiger partial charge in [-0.1, -0.05) is 65.1 Å². The molecule has 262 valence electrons. The Hall–Kier alpha value is -4.71. The number of ether oxygens (including phenoxy) is 1. The van der Waals surface area contributed by atoms with Crippen LogP contribution in [0.1, 0.15) is 47.1 Å². The lowest BCUT2D eigenvalue weighted by Crippen LogP contribution is -2.55. The first kappa shape index (κ1) is 38.7. The summed E-state index contributed by atoms with van der Waals surface area (Å²) in [6.45, 7) is 19.7. The van der Waals surface area contributed by atoms with Crippen LogP contribution in [-0.4, -0.2) is 69.1 Å². The van der Waals surface area contributed by atoms with E-state index in [1.54, 1.807) is 24.0 Å². The smallest absolute Gasteiger partial charge is 0.246 e. The molecule has 1 aliphatic heterocycles. The summed E-state index contributed by atoms with van der Waals surface area (Å²) in [4.78, 5) is 37.6. The molecule has 1 aliphatic rings. The number of piperazine rings is 1. The van der Waals surface area contributed by atoms with Crippen molar-refractivity contribution in [3.63, 3.8) is 0 Å². The van der Waals surface area contributed by atoms with Crippen molar-refractivity contribution in [2.45, 2.75) is 47.6 Å². The summed E-state index contributed by atoms with van der Waals surface area (Å²) in [6, 6.07) is 4.87. The van der Waals surface area contributed by atoms with Crippen molar-refractivity contribution < 1.29 is 27.3 Å². The Bertz CT molecular complexity index is 1730. The fourth-order valence-corrected chi connectivity index (χ4v) is 5.76. The van der Waals surface area contributed by atoms with Crippen molar-refractivity contribution in [2.75, 3.05) is 31.2 Å². The van der Waals surface area contributed by atoms with Gasteiger partial charge >= 0.3 is 0 Å². The van der Waals surface area contributed by atoms with Gasteiger partial charge in [0.05, 0.1) is 38.3 Å². The molecular formula is C37H45F2N5O4S. The standard InChI is InChI=1S/C37H45F2N5O4S/c1-10-33(46)43-18-19-44(25(6)21-43)37(41-26(7)32(49(9)47)17-12-11-14-23(2)3)28-20-30(39)35(42-36(28)40-22-45)34-29(38)15-13-16-31(34)48-27(8)24(4)5/h10-17,20,22-25H,1,8,18-19,21H2,2-7,9H3,(H,40,42,45)/b14-11+,17-12-,32-26-,41-37?. The average Bonchev–Trinajstić information content (AvgIpc) is 3.04. The third kappa shape index (κ3) is 9.91. The van der Waals surface area contributed by atoms with Gasteiger partial charge in [0.15, 0.2) is 5.82 Å². The highest BCUT2D eigenvalue weighted by Gasteiger charge is 2.32. The van der Waals surface area contributed by atoms with Gasteiger partial charge in [0.2, 0.25) is 12.3 Å². The topological polar surface area (TPSA) is 104 Å². The summed E-state index contributed by atoms with van der Waals surface area (Å²) in [5.74, 6) is -1.25. The third-order valence-corrected chi connectivity index (χ3v) is 8.74. The molecule has 2 atom stereocenters. The van der Waals surface area contributed by atoms with Crippen LogP contribution in [0.25, 0.3) is 11.3 Å². The number of carbonyl (C=O) groups is 2. The van der Waals surface area contributed by atoms with Crippen LogP contribution in [0.4, 0.5) is 14.6 Å². The SMILES string of the molecule is C=CC(=O)N1CCN(C(=N/C(C)=C(/C=C\C=C\C(C)C)S(C)=O)c2cc(F)c(-c3c(F)cccc3OC(=C)C(C)C)nc2NC=O)C(C)C1. The number of amidine groups is 1. The Balaban J connectivity index is 2.31. The molecule has 3 rings (SSSR count). The molecule has 1 aromatic carbocycles. The normalized spacial score (nSPS) is 16.7. The highest BCUT2D eigenvalue weighted by atomic mass is 32.2. The highest BCUT2D eigenvalue weighted by Crippen LogP contribution is 2.37. The molecule has 1 fully saturated rings. The number of carbonyl (C=O) groups excluding carboxylic acids is 2. The first-order chi connectivity index (χ1) is 23.2. The van der Waals surface area contributed by atoms with Gasteiger partial charge in [-0.15, -0.1) is 0 Å². The van der Waals surface area contributed by atoms with Crippen LogP contribution >= 0.6 is 0 Å². The van der Waals surface area contributed by atoms with E-state index in [0.29, 0.717) is 41.8 Å². The fourth-order valence-electron chi connectivity index (χ4n) is 5.03. The van der Waals surface area contributed by atoms with Crippen LogP contribution in [-0.2, 0) is 20.4 Å². The van der Waals surface area contributed by atoms with Crippen LogP contribution in [0.2, 0.25) is 0 Å². The number of aromatic nitrogens is 1. The highest BCUT2D eigenvalue weighted by molar-refractivity contribution is 7.88. The first-order valence-electron chi connectivity index (χ1n) is 15.9. The number of rotatable bonds is 13. The molecule has 1 saturated heterocycles. The maximum absolute atomic E-state index is 16.3. The molecule has 0 bridgehead atoms. The molecule has 12 heteroatoms. The van der Waals surface area contributed by atoms with Crippen molar-refractivity contribution >= 4 is 34.8 Å². The molecule has 9 nitrogen and oxygen atoms in total. The van der Waals surface area contributed by atoms with Gasteiger partial charge in [-0.25, -0.2) is 18.8 Å². The Morgan fingerprint density at radius 1 is 1.18 bits per heavy atom. The van der Waals surface area contributed by atoms with E-state index in [-0.39, 0.29) is 52.9 Å². The van der Waals surface area contributed by atoms with E-state index in [1.807, 2.05) is 51.7 Å². The largest absolute Gasteiger partial charge is 0.461 e. The summed E-state index contributed by atoms with van der Waals surface area (Å²) >= 11 is 0. The molecule has 49 heavy (non-hydrogen) atoms. The second kappa shape index (κ2) is 17.6. The van der Waals surface area contributed by atoms with Crippen LogP contribution < -0.4 is 10.1 Å². The molecule has 0 spiro atoms. The van der Waals surface area contributed by atoms with Gasteiger partial charge in [0.1, 0.15) is 28.9 Å². The molecule has 2 heterocycles. The molecule has 1 N–H and O–H groups in total. The number of hydrogen-bond acceptors (Lipinski definition) is 6. The van der Waals surface area contributed by atoms with Gasteiger partial charge in [-0.2, -0.15) is 0 Å². The first-order valence-corrected chi connectivity index (χ1v) is 17.5. The van der Waals surface area contributed by atoms with Gasteiger partial charge in [0.25, 0.3) is 0 Å². The van der Waals surface area contributed by atoms with Crippen molar-refractivity contribution in [3.8, 4) is 17.0 Å². The maximum atomic E-state index is 16.3. The van der Waals surface area contributed by atoms with Crippen LogP contribution in [0.3, 0.4) is 0 Å². The number of anilines is 1. The quantitative estimate of drug-likeness (QED) is 0.0606. The molecule has 2 unspecified atom stereocenters. The van der Waals surface area contributed by atoms with E-state index in [1.165, 1.54) is 24.5 Å². The van der Waals surface area contributed by atoms with E-state index in [0.717, 1.165) is 12.1 Å². The number of aliphatic imine (C=N–C) groups is 1. The van der Waals surface area contributed by atoms with Crippen molar-refractivity contribution in [1.29, 1.82) is 0 Å². The summed E-state index contributed by atoms with van der Waals surface area (Å²) in [6.07, 6.45) is 10.5. The van der Waals surface area contributed by atoms with Crippen molar-refractivity contribution in [3.05, 3.63) is 101 Å². The lowest BCUT2D eigenvalue weighted by molar-refractivity contribution is -0.128. The Morgan fingerprint density at radius 2 is 1.90 bits per heavy atom. The second-order valence-corrected chi connectivity index (χ2v) is 13.5. The molecule has 0 saturated carbocycles. The predicted molar refractivity (Wildman–Crippen MR) is 193 cm³/mol. The summed E-state index contributed by atoms with van der Waals surface area (Å²) in [5.41, 5.74) is -0.169. The summed E-state index contributed by atoms with van der Waals surface area (Å²) in [5, 5.41) is 2.54. The minimum atomic E-state index is -1.46. The molecule has 2 aromatic rings. The Labute approximate surface area is 290 Å². The number of allylic oxidation sites excluding steroid dienone is 6. The zero-order valence-electron chi connectivity index (χ0n) is 29.1. The molecule has 2 amide bonds. The molecule has 0 aliphatic carbocycles. The number of pyridine rings is 1. The van der Waals surface area contributed by atoms with Gasteiger partial charge in [0, 0.05) is 37.8 Å². The Morgan fingerprint density at radius 3 is 2.49 bits per heavy atom. The van der Waals surface area contributed by atoms with E-state index in [9.17, 15) is 13.8 Å². The van der Waals surface area contributed by atoms with Gasteiger partial charge < -0.3 is 19.9 Å². The minimum Gasteiger partial charge on any atom is -0.461 e. The summed E-state index contributed by atoms with van der Waals surface area (Å²) in [7, 11) is -1.46. The van der Waals surface area contributed by atoms with E-state index < -0.39 is 28.1 Å². The zero-order valence-corrected chi connectivity index (χ0v) is 29.9. The fraction of sp³-hybridized carbons (Fsp3) is 0.351. The molecule has 0 radical (unpaired) electrons. The van der Waals surface area contributed by atoms with Crippen molar-refractivity contribution in [2.24, 2.45) is 16.8 Å². The second-order valence-electron chi connectivity index (χ2n) is 12.2. The van der Waals surface area contributed by atoms with E-state index >= 15 is 8.78 Å². The lowest BCUT2D eigenvalue weighted by atomic mass is 10.0. The monoisotopic (exact) mass is 693 g/mol. The zero-order chi connectivity index (χ0) is 36.4. The third-order valence-electron chi connectivity index (χ3n) is 7.69. The van der Waals surface area contributed by atoms with Gasteiger partial charge in [-0.3, -0.25) is 13.8 Å². The summed E-state index contributed by atoms with van der Waals surface area (Å²) < 4.78 is 50.4. The van der Waals surface area contributed by atoms with Crippen LogP contribution in [0, 0.1) is 23.5 Å². The number of amides is 2. The van der Waals surface area contributed by atoms with Gasteiger partial charge in [-0.05, 0) is 50.1 Å². The number of halogens is 2. The maximum Gasteiger partial charge on any atom is 0.246 e. The minimum absolute atomic E-state index is 0.00701. The number of nitrogens with zero attached hydrogens (tertiary/aromatic N) is 4. The average molecular weight is 694 g/mol. The molecular weight excluding hydrogens is 649 g/mol.